The molecule has 24 heavy (non-hydrogen) atoms. The molecule has 7 nitrogen and oxygen atoms in total. The fourth-order valence-corrected chi connectivity index (χ4v) is 2.50. The van der Waals surface area contributed by atoms with Gasteiger partial charge in [0.05, 0.1) is 23.1 Å². The van der Waals surface area contributed by atoms with E-state index in [1.165, 1.54) is 6.20 Å². The van der Waals surface area contributed by atoms with E-state index in [-0.39, 0.29) is 5.91 Å². The number of imidazole rings is 2. The number of nitrogens with one attached hydrogen (secondary N) is 3. The molecule has 0 aliphatic carbocycles. The second-order valence-corrected chi connectivity index (χ2v) is 5.41. The Labute approximate surface area is 137 Å². The van der Waals surface area contributed by atoms with E-state index in [1.54, 1.807) is 18.6 Å². The number of rotatable bonds is 3. The topological polar surface area (TPSA) is 99.3 Å². The fraction of sp³-hybridized carbons (Fsp3) is 0.0588. The molecular formula is C17H14N6O. The Morgan fingerprint density at radius 1 is 1.12 bits per heavy atom. The van der Waals surface area contributed by atoms with Crippen LogP contribution in [0, 0.1) is 6.92 Å². The van der Waals surface area contributed by atoms with Crippen LogP contribution in [-0.2, 0) is 0 Å². The number of aromatic nitrogens is 5. The molecule has 0 bridgehead atoms. The number of aromatic amines is 2. The summed E-state index contributed by atoms with van der Waals surface area (Å²) in [5.74, 6) is 0.472. The van der Waals surface area contributed by atoms with E-state index in [9.17, 15) is 4.79 Å². The van der Waals surface area contributed by atoms with Gasteiger partial charge in [-0.15, -0.1) is 0 Å². The van der Waals surface area contributed by atoms with Crippen LogP contribution in [0.1, 0.15) is 16.1 Å². The maximum atomic E-state index is 12.6. The third kappa shape index (κ3) is 2.52. The van der Waals surface area contributed by atoms with Crippen LogP contribution in [0.25, 0.3) is 22.6 Å². The summed E-state index contributed by atoms with van der Waals surface area (Å²) in [6.07, 6.45) is 4.82. The van der Waals surface area contributed by atoms with Gasteiger partial charge in [0.25, 0.3) is 5.91 Å². The number of pyridine rings is 1. The second-order valence-electron chi connectivity index (χ2n) is 5.41. The maximum Gasteiger partial charge on any atom is 0.257 e. The molecule has 7 heteroatoms. The molecule has 0 spiro atoms. The largest absolute Gasteiger partial charge is 0.343 e. The average Bonchev–Trinajstić information content (AvgIpc) is 3.23. The minimum Gasteiger partial charge on any atom is -0.343 e. The first-order chi connectivity index (χ1) is 11.7. The monoisotopic (exact) mass is 318 g/mol. The quantitative estimate of drug-likeness (QED) is 0.541. The molecule has 0 saturated carbocycles. The van der Waals surface area contributed by atoms with Gasteiger partial charge >= 0.3 is 0 Å². The highest BCUT2D eigenvalue weighted by atomic mass is 16.1. The van der Waals surface area contributed by atoms with Crippen molar-refractivity contribution in [3.63, 3.8) is 0 Å². The highest BCUT2D eigenvalue weighted by molar-refractivity contribution is 6.06. The molecule has 3 aromatic heterocycles. The lowest BCUT2D eigenvalue weighted by Gasteiger charge is -2.09. The number of benzene rings is 1. The number of carbonyl (C=O) groups is 1. The minimum absolute atomic E-state index is 0.241. The maximum absolute atomic E-state index is 12.6. The third-order valence-electron chi connectivity index (χ3n) is 3.67. The van der Waals surface area contributed by atoms with Gasteiger partial charge in [0.2, 0.25) is 0 Å². The van der Waals surface area contributed by atoms with Gasteiger partial charge in [0.1, 0.15) is 5.82 Å². The van der Waals surface area contributed by atoms with Crippen molar-refractivity contribution in [1.29, 1.82) is 0 Å². The van der Waals surface area contributed by atoms with E-state index in [0.29, 0.717) is 22.7 Å². The fourth-order valence-electron chi connectivity index (χ4n) is 2.50. The molecule has 0 aliphatic rings. The first-order valence-corrected chi connectivity index (χ1v) is 7.42. The predicted molar refractivity (Wildman–Crippen MR) is 90.6 cm³/mol. The summed E-state index contributed by atoms with van der Waals surface area (Å²) in [5, 5.41) is 2.92. The lowest BCUT2D eigenvalue weighted by atomic mass is 10.1. The zero-order chi connectivity index (χ0) is 16.5. The molecule has 0 aliphatic heterocycles. The zero-order valence-corrected chi connectivity index (χ0v) is 12.9. The summed E-state index contributed by atoms with van der Waals surface area (Å²) in [6, 6.07) is 9.24. The second kappa shape index (κ2) is 5.62. The molecule has 0 atom stereocenters. The molecular weight excluding hydrogens is 304 g/mol. The molecule has 3 heterocycles. The van der Waals surface area contributed by atoms with Crippen molar-refractivity contribution in [2.75, 3.05) is 5.32 Å². The summed E-state index contributed by atoms with van der Waals surface area (Å²) >= 11 is 0. The van der Waals surface area contributed by atoms with E-state index in [4.69, 9.17) is 0 Å². The molecule has 0 unspecified atom stereocenters. The first kappa shape index (κ1) is 14.1. The summed E-state index contributed by atoms with van der Waals surface area (Å²) in [6.45, 7) is 1.93. The van der Waals surface area contributed by atoms with E-state index in [2.05, 4.69) is 30.2 Å². The van der Waals surface area contributed by atoms with Gasteiger partial charge in [-0.25, -0.2) is 15.0 Å². The lowest BCUT2D eigenvalue weighted by Crippen LogP contribution is -2.13. The number of hydrogen-bond acceptors (Lipinski definition) is 4. The average molecular weight is 318 g/mol. The number of aryl methyl sites for hydroxylation is 1. The molecule has 0 saturated heterocycles. The van der Waals surface area contributed by atoms with Gasteiger partial charge in [0.15, 0.2) is 5.65 Å². The number of fused-ring (bicyclic) bond motifs is 1. The van der Waals surface area contributed by atoms with Crippen molar-refractivity contribution in [3.05, 3.63) is 60.3 Å². The number of para-hydroxylation sites is 1. The number of nitrogens with zero attached hydrogens (tertiary/aromatic N) is 3. The Balaban J connectivity index is 1.66. The molecule has 4 aromatic rings. The van der Waals surface area contributed by atoms with Gasteiger partial charge in [-0.05, 0) is 25.1 Å². The van der Waals surface area contributed by atoms with Crippen molar-refractivity contribution in [2.24, 2.45) is 0 Å². The van der Waals surface area contributed by atoms with Gasteiger partial charge in [-0.2, -0.15) is 0 Å². The highest BCUT2D eigenvalue weighted by Crippen LogP contribution is 2.25. The van der Waals surface area contributed by atoms with E-state index in [1.807, 2.05) is 31.2 Å². The van der Waals surface area contributed by atoms with Gasteiger partial charge < -0.3 is 15.3 Å². The molecule has 4 rings (SSSR count). The lowest BCUT2D eigenvalue weighted by molar-refractivity contribution is 0.102. The van der Waals surface area contributed by atoms with Crippen LogP contribution in [-0.4, -0.2) is 30.8 Å². The Bertz CT molecular complexity index is 1030. The van der Waals surface area contributed by atoms with Gasteiger partial charge in [-0.3, -0.25) is 4.79 Å². The van der Waals surface area contributed by atoms with Crippen LogP contribution < -0.4 is 5.32 Å². The first-order valence-electron chi connectivity index (χ1n) is 7.42. The molecule has 0 fully saturated rings. The Kier molecular flexibility index (Phi) is 3.31. The third-order valence-corrected chi connectivity index (χ3v) is 3.67. The summed E-state index contributed by atoms with van der Waals surface area (Å²) in [5.41, 5.74) is 4.23. The molecule has 3 N–H and O–H groups in total. The number of amides is 1. The zero-order valence-electron chi connectivity index (χ0n) is 12.9. The number of hydrogen-bond donors (Lipinski definition) is 3. The number of H-pyrrole nitrogens is 2. The van der Waals surface area contributed by atoms with E-state index in [0.717, 1.165) is 16.8 Å². The molecule has 1 aromatic carbocycles. The van der Waals surface area contributed by atoms with Crippen molar-refractivity contribution in [3.8, 4) is 11.4 Å². The van der Waals surface area contributed by atoms with E-state index >= 15 is 0 Å². The molecule has 118 valence electrons. The smallest absolute Gasteiger partial charge is 0.257 e. The number of anilines is 1. The molecule has 0 radical (unpaired) electrons. The van der Waals surface area contributed by atoms with Gasteiger partial charge in [0, 0.05) is 23.7 Å². The summed E-state index contributed by atoms with van der Waals surface area (Å²) < 4.78 is 0. The minimum atomic E-state index is -0.241. The Morgan fingerprint density at radius 2 is 2.00 bits per heavy atom. The molecule has 1 amide bonds. The Hall–Kier alpha value is -3.48. The van der Waals surface area contributed by atoms with Crippen LogP contribution in [0.2, 0.25) is 0 Å². The Morgan fingerprint density at radius 3 is 2.83 bits per heavy atom. The summed E-state index contributed by atoms with van der Waals surface area (Å²) in [4.78, 5) is 31.2. The highest BCUT2D eigenvalue weighted by Gasteiger charge is 2.13. The van der Waals surface area contributed by atoms with Crippen LogP contribution in [0.3, 0.4) is 0 Å². The number of carbonyl (C=O) groups excluding carboxylic acids is 1. The van der Waals surface area contributed by atoms with Gasteiger partial charge in [-0.1, -0.05) is 12.1 Å². The van der Waals surface area contributed by atoms with Crippen molar-refractivity contribution in [2.45, 2.75) is 6.92 Å². The van der Waals surface area contributed by atoms with E-state index < -0.39 is 0 Å². The summed E-state index contributed by atoms with van der Waals surface area (Å²) in [7, 11) is 0. The predicted octanol–water partition coefficient (Wildman–Crippen LogP) is 2.91. The normalized spacial score (nSPS) is 10.9. The van der Waals surface area contributed by atoms with Crippen molar-refractivity contribution < 1.29 is 4.79 Å². The van der Waals surface area contributed by atoms with Crippen LogP contribution in [0.4, 0.5) is 5.69 Å². The van der Waals surface area contributed by atoms with Crippen LogP contribution in [0.15, 0.2) is 49.1 Å². The SMILES string of the molecule is Cc1cnc(-c2ccccc2NC(=O)c2cnc3nc[nH]c3c2)[nH]1. The standard InChI is InChI=1S/C17H14N6O/c1-10-7-18-15(22-10)12-4-2-3-5-13(12)23-17(24)11-6-14-16(19-8-11)21-9-20-14/h2-9H,1H3,(H,18,22)(H,23,24)(H,19,20,21). The van der Waals surface area contributed by atoms with Crippen molar-refractivity contribution in [1.82, 2.24) is 24.9 Å². The van der Waals surface area contributed by atoms with Crippen LogP contribution in [0.5, 0.6) is 0 Å². The van der Waals surface area contributed by atoms with Crippen molar-refractivity contribution >= 4 is 22.8 Å². The van der Waals surface area contributed by atoms with Crippen LogP contribution >= 0.6 is 0 Å².